The molecule has 1 aromatic heterocycles. The summed E-state index contributed by atoms with van der Waals surface area (Å²) in [6, 6.07) is 12.7. The number of anilines is 1. The van der Waals surface area contributed by atoms with Crippen molar-refractivity contribution in [2.45, 2.75) is 25.4 Å². The highest BCUT2D eigenvalue weighted by molar-refractivity contribution is 7.10. The molecule has 0 saturated carbocycles. The molecule has 0 aliphatic carbocycles. The molecule has 0 bridgehead atoms. The first-order valence-corrected chi connectivity index (χ1v) is 7.69. The van der Waals surface area contributed by atoms with E-state index in [1.807, 2.05) is 25.2 Å². The summed E-state index contributed by atoms with van der Waals surface area (Å²) in [6.07, 6.45) is 0.517. The summed E-state index contributed by atoms with van der Waals surface area (Å²) < 4.78 is 0. The first kappa shape index (κ1) is 13.3. The molecule has 0 radical (unpaired) electrons. The predicted molar refractivity (Wildman–Crippen MR) is 83.1 cm³/mol. The van der Waals surface area contributed by atoms with Crippen LogP contribution in [0.1, 0.15) is 35.9 Å². The molecule has 1 aromatic carbocycles. The van der Waals surface area contributed by atoms with Gasteiger partial charge in [-0.1, -0.05) is 24.3 Å². The van der Waals surface area contributed by atoms with Gasteiger partial charge in [0.05, 0.1) is 0 Å². The van der Waals surface area contributed by atoms with Gasteiger partial charge >= 0.3 is 0 Å². The molecule has 2 heterocycles. The summed E-state index contributed by atoms with van der Waals surface area (Å²) in [5.74, 6) is 0.166. The van der Waals surface area contributed by atoms with Crippen molar-refractivity contribution >= 4 is 22.9 Å². The number of hydrogen-bond donors (Lipinski definition) is 1. The molecule has 1 amide bonds. The lowest BCUT2D eigenvalue weighted by Gasteiger charge is -2.33. The number of amides is 1. The highest BCUT2D eigenvalue weighted by atomic mass is 32.1. The number of thiophene rings is 1. The van der Waals surface area contributed by atoms with Crippen LogP contribution in [0, 0.1) is 0 Å². The third kappa shape index (κ3) is 2.37. The molecule has 2 atom stereocenters. The van der Waals surface area contributed by atoms with Crippen LogP contribution in [-0.2, 0) is 4.79 Å². The van der Waals surface area contributed by atoms with Crippen LogP contribution in [0.25, 0.3) is 0 Å². The quantitative estimate of drug-likeness (QED) is 0.936. The van der Waals surface area contributed by atoms with Gasteiger partial charge in [-0.15, -0.1) is 11.3 Å². The van der Waals surface area contributed by atoms with Crippen molar-refractivity contribution in [2.24, 2.45) is 0 Å². The molecule has 0 spiro atoms. The van der Waals surface area contributed by atoms with Gasteiger partial charge in [-0.3, -0.25) is 4.79 Å². The van der Waals surface area contributed by atoms with E-state index in [0.717, 1.165) is 5.69 Å². The number of carbonyl (C=O) groups excluding carboxylic acids is 1. The maximum absolute atomic E-state index is 12.1. The number of nitrogens with one attached hydrogen (secondary N) is 1. The highest BCUT2D eigenvalue weighted by Gasteiger charge is 2.29. The minimum Gasteiger partial charge on any atom is -0.315 e. The Kier molecular flexibility index (Phi) is 3.59. The fourth-order valence-corrected chi connectivity index (χ4v) is 3.46. The molecule has 1 aliphatic rings. The molecular formula is C16H18N2OS. The molecule has 0 fully saturated rings. The zero-order valence-electron chi connectivity index (χ0n) is 11.7. The van der Waals surface area contributed by atoms with Crippen molar-refractivity contribution in [3.05, 3.63) is 52.2 Å². The van der Waals surface area contributed by atoms with Crippen LogP contribution in [0.5, 0.6) is 0 Å². The van der Waals surface area contributed by atoms with Crippen molar-refractivity contribution in [3.63, 3.8) is 0 Å². The van der Waals surface area contributed by atoms with Crippen molar-refractivity contribution in [1.82, 2.24) is 5.32 Å². The Hall–Kier alpha value is -1.65. The molecule has 20 heavy (non-hydrogen) atoms. The van der Waals surface area contributed by atoms with Gasteiger partial charge < -0.3 is 10.2 Å². The van der Waals surface area contributed by atoms with E-state index in [4.69, 9.17) is 0 Å². The molecular weight excluding hydrogens is 268 g/mol. The molecule has 104 valence electrons. The lowest BCUT2D eigenvalue weighted by molar-refractivity contribution is -0.119. The SMILES string of the molecule is C[C@H](NC1CC(=O)N(C)c2ccccc21)c1cccs1. The third-order valence-electron chi connectivity index (χ3n) is 3.85. The van der Waals surface area contributed by atoms with Gasteiger partial charge in [-0.2, -0.15) is 0 Å². The minimum absolute atomic E-state index is 0.0898. The Morgan fingerprint density at radius 2 is 2.10 bits per heavy atom. The summed E-state index contributed by atoms with van der Waals surface area (Å²) in [5, 5.41) is 5.68. The van der Waals surface area contributed by atoms with Gasteiger partial charge in [0.2, 0.25) is 5.91 Å². The van der Waals surface area contributed by atoms with E-state index in [2.05, 4.69) is 35.8 Å². The average molecular weight is 286 g/mol. The van der Waals surface area contributed by atoms with E-state index >= 15 is 0 Å². The van der Waals surface area contributed by atoms with E-state index < -0.39 is 0 Å². The summed E-state index contributed by atoms with van der Waals surface area (Å²) in [7, 11) is 1.85. The van der Waals surface area contributed by atoms with Crippen molar-refractivity contribution < 1.29 is 4.79 Å². The Morgan fingerprint density at radius 3 is 2.85 bits per heavy atom. The third-order valence-corrected chi connectivity index (χ3v) is 4.90. The second-order valence-corrected chi connectivity index (χ2v) is 6.15. The van der Waals surface area contributed by atoms with E-state index in [0.29, 0.717) is 6.42 Å². The highest BCUT2D eigenvalue weighted by Crippen LogP contribution is 2.35. The molecule has 0 saturated heterocycles. The maximum Gasteiger partial charge on any atom is 0.228 e. The van der Waals surface area contributed by atoms with Crippen LogP contribution in [0.3, 0.4) is 0 Å². The molecule has 3 rings (SSSR count). The van der Waals surface area contributed by atoms with E-state index in [1.54, 1.807) is 16.2 Å². The molecule has 1 N–H and O–H groups in total. The monoisotopic (exact) mass is 286 g/mol. The van der Waals surface area contributed by atoms with Gasteiger partial charge in [-0.05, 0) is 30.0 Å². The number of benzene rings is 1. The lowest BCUT2D eigenvalue weighted by Crippen LogP contribution is -2.38. The van der Waals surface area contributed by atoms with Gasteiger partial charge in [-0.25, -0.2) is 0 Å². The fourth-order valence-electron chi connectivity index (χ4n) is 2.71. The van der Waals surface area contributed by atoms with Crippen molar-refractivity contribution in [1.29, 1.82) is 0 Å². The normalized spacial score (nSPS) is 19.8. The Morgan fingerprint density at radius 1 is 1.30 bits per heavy atom. The molecule has 1 aliphatic heterocycles. The van der Waals surface area contributed by atoms with Crippen molar-refractivity contribution in [2.75, 3.05) is 11.9 Å². The first-order chi connectivity index (χ1) is 9.66. The smallest absolute Gasteiger partial charge is 0.228 e. The van der Waals surface area contributed by atoms with Gasteiger partial charge in [0, 0.05) is 36.1 Å². The first-order valence-electron chi connectivity index (χ1n) is 6.81. The Balaban J connectivity index is 1.87. The van der Waals surface area contributed by atoms with E-state index in [9.17, 15) is 4.79 Å². The zero-order valence-corrected chi connectivity index (χ0v) is 12.5. The number of fused-ring (bicyclic) bond motifs is 1. The topological polar surface area (TPSA) is 32.3 Å². The van der Waals surface area contributed by atoms with Gasteiger partial charge in [0.1, 0.15) is 0 Å². The van der Waals surface area contributed by atoms with Crippen LogP contribution in [0.2, 0.25) is 0 Å². The molecule has 2 aromatic rings. The van der Waals surface area contributed by atoms with Crippen LogP contribution >= 0.6 is 11.3 Å². The van der Waals surface area contributed by atoms with E-state index in [-0.39, 0.29) is 18.0 Å². The number of carbonyl (C=O) groups is 1. The summed E-state index contributed by atoms with van der Waals surface area (Å²) >= 11 is 1.74. The molecule has 4 heteroatoms. The summed E-state index contributed by atoms with van der Waals surface area (Å²) in [4.78, 5) is 15.2. The Labute approximate surface area is 123 Å². The predicted octanol–water partition coefficient (Wildman–Crippen LogP) is 3.51. The van der Waals surface area contributed by atoms with Crippen molar-refractivity contribution in [3.8, 4) is 0 Å². The van der Waals surface area contributed by atoms with E-state index in [1.165, 1.54) is 10.4 Å². The standard InChI is InChI=1S/C16H18N2OS/c1-11(15-8-5-9-20-15)17-13-10-16(19)18(2)14-7-4-3-6-12(13)14/h3-9,11,13,17H,10H2,1-2H3/t11-,13?/m0/s1. The second-order valence-electron chi connectivity index (χ2n) is 5.17. The fraction of sp³-hybridized carbons (Fsp3) is 0.312. The van der Waals surface area contributed by atoms with Crippen LogP contribution in [-0.4, -0.2) is 13.0 Å². The molecule has 1 unspecified atom stereocenters. The molecule has 3 nitrogen and oxygen atoms in total. The minimum atomic E-state index is 0.0898. The number of hydrogen-bond acceptors (Lipinski definition) is 3. The second kappa shape index (κ2) is 5.38. The number of para-hydroxylation sites is 1. The van der Waals surface area contributed by atoms with Gasteiger partial charge in [0.15, 0.2) is 0 Å². The summed E-state index contributed by atoms with van der Waals surface area (Å²) in [5.41, 5.74) is 2.22. The number of rotatable bonds is 3. The zero-order chi connectivity index (χ0) is 14.1. The lowest BCUT2D eigenvalue weighted by atomic mass is 9.95. The largest absolute Gasteiger partial charge is 0.315 e. The van der Waals surface area contributed by atoms with Crippen LogP contribution in [0.15, 0.2) is 41.8 Å². The maximum atomic E-state index is 12.1. The number of nitrogens with zero attached hydrogens (tertiary/aromatic N) is 1. The summed E-state index contributed by atoms with van der Waals surface area (Å²) in [6.45, 7) is 2.15. The average Bonchev–Trinajstić information content (AvgIpc) is 2.99. The Bertz CT molecular complexity index is 609. The van der Waals surface area contributed by atoms with Gasteiger partial charge in [0.25, 0.3) is 0 Å². The van der Waals surface area contributed by atoms with Crippen LogP contribution in [0.4, 0.5) is 5.69 Å². The van der Waals surface area contributed by atoms with Crippen LogP contribution < -0.4 is 10.2 Å².